The molecular weight excluding hydrogens is 370 g/mol. The van der Waals surface area contributed by atoms with Gasteiger partial charge in [-0.2, -0.15) is 0 Å². The topological polar surface area (TPSA) is 76.1 Å². The van der Waals surface area contributed by atoms with Gasteiger partial charge in [-0.15, -0.1) is 0 Å². The number of hydrogen-bond donors (Lipinski definition) is 1. The van der Waals surface area contributed by atoms with Gasteiger partial charge in [0.25, 0.3) is 11.7 Å². The maximum absolute atomic E-state index is 12.9. The van der Waals surface area contributed by atoms with Gasteiger partial charge in [-0.05, 0) is 31.5 Å². The number of rotatable bonds is 7. The Kier molecular flexibility index (Phi) is 6.34. The molecule has 0 radical (unpaired) electrons. The number of benzene rings is 2. The van der Waals surface area contributed by atoms with E-state index in [0.29, 0.717) is 23.5 Å². The van der Waals surface area contributed by atoms with Crippen molar-refractivity contribution < 1.29 is 24.2 Å². The highest BCUT2D eigenvalue weighted by Gasteiger charge is 2.45. The van der Waals surface area contributed by atoms with Gasteiger partial charge in [0, 0.05) is 19.2 Å². The predicted molar refractivity (Wildman–Crippen MR) is 110 cm³/mol. The average Bonchev–Trinajstić information content (AvgIpc) is 2.97. The number of likely N-dealkylation sites (tertiary alicyclic amines) is 1. The monoisotopic (exact) mass is 395 g/mol. The fraction of sp³-hybridized carbons (Fsp3) is 0.304. The van der Waals surface area contributed by atoms with Crippen LogP contribution >= 0.6 is 0 Å². The molecule has 1 aliphatic rings. The van der Waals surface area contributed by atoms with E-state index in [4.69, 9.17) is 9.47 Å². The second-order valence-corrected chi connectivity index (χ2v) is 6.86. The minimum Gasteiger partial charge on any atom is -0.507 e. The Balaban J connectivity index is 2.14. The van der Waals surface area contributed by atoms with Crippen molar-refractivity contribution in [1.82, 2.24) is 4.90 Å². The van der Waals surface area contributed by atoms with Crippen molar-refractivity contribution in [2.45, 2.75) is 19.9 Å². The number of carbonyl (C=O) groups excluding carboxylic acids is 2. The van der Waals surface area contributed by atoms with Crippen molar-refractivity contribution in [3.05, 3.63) is 70.8 Å². The first-order valence-corrected chi connectivity index (χ1v) is 9.55. The third-order valence-electron chi connectivity index (χ3n) is 4.89. The number of aliphatic hydroxyl groups is 1. The molecule has 1 heterocycles. The number of Topliss-reactive ketones (excluding diaryl/α,β-unsaturated/α-hetero) is 1. The Morgan fingerprint density at radius 1 is 1.14 bits per heavy atom. The molecule has 0 aromatic heterocycles. The minimum atomic E-state index is -0.716. The normalized spacial score (nSPS) is 18.3. The van der Waals surface area contributed by atoms with Gasteiger partial charge < -0.3 is 19.5 Å². The number of carbonyl (C=O) groups is 2. The lowest BCUT2D eigenvalue weighted by molar-refractivity contribution is -0.140. The van der Waals surface area contributed by atoms with Gasteiger partial charge in [0.05, 0.1) is 24.8 Å². The lowest BCUT2D eigenvalue weighted by Crippen LogP contribution is -2.32. The molecule has 1 atom stereocenters. The zero-order valence-corrected chi connectivity index (χ0v) is 16.8. The van der Waals surface area contributed by atoms with Crippen LogP contribution in [0.1, 0.15) is 29.7 Å². The molecule has 1 N–H and O–H groups in total. The van der Waals surface area contributed by atoms with E-state index in [1.165, 1.54) is 12.0 Å². The van der Waals surface area contributed by atoms with Crippen LogP contribution in [0.4, 0.5) is 0 Å². The Hall–Kier alpha value is -3.12. The molecule has 1 aliphatic heterocycles. The smallest absolute Gasteiger partial charge is 0.295 e. The SMILES string of the molecule is CCOc1cccc(C2C(=C(O)c3ccc(C)cc3)C(=O)C(=O)N2CCOC)c1. The number of ether oxygens (including phenoxy) is 2. The standard InChI is InChI=1S/C23H25NO5/c1-4-29-18-7-5-6-17(14-18)20-19(21(25)16-10-8-15(2)9-11-16)22(26)23(27)24(20)12-13-28-3/h5-11,14,20,25H,4,12-13H2,1-3H3. The summed E-state index contributed by atoms with van der Waals surface area (Å²) >= 11 is 0. The molecular formula is C23H25NO5. The highest BCUT2D eigenvalue weighted by atomic mass is 16.5. The molecule has 0 bridgehead atoms. The third-order valence-corrected chi connectivity index (χ3v) is 4.89. The highest BCUT2D eigenvalue weighted by molar-refractivity contribution is 6.46. The lowest BCUT2D eigenvalue weighted by Gasteiger charge is -2.25. The van der Waals surface area contributed by atoms with Crippen LogP contribution in [0.5, 0.6) is 5.75 Å². The van der Waals surface area contributed by atoms with E-state index in [9.17, 15) is 14.7 Å². The van der Waals surface area contributed by atoms with Crippen LogP contribution in [0.25, 0.3) is 5.76 Å². The van der Waals surface area contributed by atoms with Crippen molar-refractivity contribution in [2.24, 2.45) is 0 Å². The first-order chi connectivity index (χ1) is 14.0. The van der Waals surface area contributed by atoms with E-state index in [-0.39, 0.29) is 24.5 Å². The molecule has 2 aromatic rings. The summed E-state index contributed by atoms with van der Waals surface area (Å²) in [4.78, 5) is 27.1. The van der Waals surface area contributed by atoms with Crippen molar-refractivity contribution >= 4 is 17.4 Å². The zero-order chi connectivity index (χ0) is 21.0. The van der Waals surface area contributed by atoms with Gasteiger partial charge >= 0.3 is 0 Å². The number of hydrogen-bond acceptors (Lipinski definition) is 5. The highest BCUT2D eigenvalue weighted by Crippen LogP contribution is 2.40. The average molecular weight is 395 g/mol. The van der Waals surface area contributed by atoms with Gasteiger partial charge in [-0.3, -0.25) is 9.59 Å². The Morgan fingerprint density at radius 2 is 1.86 bits per heavy atom. The van der Waals surface area contributed by atoms with Gasteiger partial charge in [-0.1, -0.05) is 42.0 Å². The van der Waals surface area contributed by atoms with E-state index in [1.54, 1.807) is 18.2 Å². The van der Waals surface area contributed by atoms with Crippen LogP contribution in [-0.2, 0) is 14.3 Å². The fourth-order valence-electron chi connectivity index (χ4n) is 3.45. The number of aliphatic hydroxyl groups excluding tert-OH is 1. The summed E-state index contributed by atoms with van der Waals surface area (Å²) in [7, 11) is 1.54. The number of nitrogens with zero attached hydrogens (tertiary/aromatic N) is 1. The molecule has 1 amide bonds. The summed E-state index contributed by atoms with van der Waals surface area (Å²) < 4.78 is 10.7. The van der Waals surface area contributed by atoms with Crippen LogP contribution < -0.4 is 4.74 Å². The second-order valence-electron chi connectivity index (χ2n) is 6.86. The van der Waals surface area contributed by atoms with E-state index in [0.717, 1.165) is 5.56 Å². The van der Waals surface area contributed by atoms with Gasteiger partial charge in [0.15, 0.2) is 0 Å². The molecule has 1 fully saturated rings. The molecule has 6 nitrogen and oxygen atoms in total. The van der Waals surface area contributed by atoms with Crippen LogP contribution in [0.15, 0.2) is 54.1 Å². The van der Waals surface area contributed by atoms with Crippen LogP contribution in [0.3, 0.4) is 0 Å². The Morgan fingerprint density at radius 3 is 2.52 bits per heavy atom. The number of aryl methyl sites for hydroxylation is 1. The summed E-state index contributed by atoms with van der Waals surface area (Å²) in [5.41, 5.74) is 2.29. The molecule has 1 saturated heterocycles. The van der Waals surface area contributed by atoms with E-state index in [2.05, 4.69) is 0 Å². The summed E-state index contributed by atoms with van der Waals surface area (Å²) in [5.74, 6) is -0.902. The Labute approximate surface area is 170 Å². The second kappa shape index (κ2) is 8.92. The van der Waals surface area contributed by atoms with Crippen LogP contribution in [-0.4, -0.2) is 48.6 Å². The molecule has 1 unspecified atom stereocenters. The Bertz CT molecular complexity index is 933. The summed E-state index contributed by atoms with van der Waals surface area (Å²) in [5, 5.41) is 11.0. The molecule has 29 heavy (non-hydrogen) atoms. The van der Waals surface area contributed by atoms with E-state index >= 15 is 0 Å². The van der Waals surface area contributed by atoms with E-state index in [1.807, 2.05) is 44.2 Å². The van der Waals surface area contributed by atoms with Crippen LogP contribution in [0.2, 0.25) is 0 Å². The maximum atomic E-state index is 12.9. The maximum Gasteiger partial charge on any atom is 0.295 e. The summed E-state index contributed by atoms with van der Waals surface area (Å²) in [6, 6.07) is 13.7. The van der Waals surface area contributed by atoms with Gasteiger partial charge in [0.1, 0.15) is 11.5 Å². The summed E-state index contributed by atoms with van der Waals surface area (Å²) in [6.07, 6.45) is 0. The van der Waals surface area contributed by atoms with Crippen molar-refractivity contribution in [3.8, 4) is 5.75 Å². The van der Waals surface area contributed by atoms with Crippen molar-refractivity contribution in [2.75, 3.05) is 26.9 Å². The number of ketones is 1. The van der Waals surface area contributed by atoms with E-state index < -0.39 is 17.7 Å². The minimum absolute atomic E-state index is 0.0728. The molecule has 152 valence electrons. The lowest BCUT2D eigenvalue weighted by atomic mass is 9.95. The molecule has 3 rings (SSSR count). The quantitative estimate of drug-likeness (QED) is 0.441. The fourth-order valence-corrected chi connectivity index (χ4v) is 3.45. The predicted octanol–water partition coefficient (Wildman–Crippen LogP) is 3.46. The summed E-state index contributed by atoms with van der Waals surface area (Å²) in [6.45, 7) is 4.83. The third kappa shape index (κ3) is 4.17. The van der Waals surface area contributed by atoms with Crippen molar-refractivity contribution in [1.29, 1.82) is 0 Å². The number of methoxy groups -OCH3 is 1. The van der Waals surface area contributed by atoms with Gasteiger partial charge in [0.2, 0.25) is 0 Å². The zero-order valence-electron chi connectivity index (χ0n) is 16.8. The van der Waals surface area contributed by atoms with Crippen LogP contribution in [0, 0.1) is 6.92 Å². The molecule has 2 aromatic carbocycles. The largest absolute Gasteiger partial charge is 0.507 e. The van der Waals surface area contributed by atoms with Gasteiger partial charge in [-0.25, -0.2) is 0 Å². The molecule has 6 heteroatoms. The number of amides is 1. The molecule has 0 saturated carbocycles. The van der Waals surface area contributed by atoms with Crippen molar-refractivity contribution in [3.63, 3.8) is 0 Å². The molecule has 0 aliphatic carbocycles. The molecule has 0 spiro atoms. The first-order valence-electron chi connectivity index (χ1n) is 9.55. The first kappa shape index (κ1) is 20.6.